The molecule has 0 saturated heterocycles. The lowest BCUT2D eigenvalue weighted by molar-refractivity contribution is 0.0997. The summed E-state index contributed by atoms with van der Waals surface area (Å²) in [4.78, 5) is 17.4. The van der Waals surface area contributed by atoms with Crippen LogP contribution in [0.5, 0.6) is 0 Å². The largest absolute Gasteiger partial charge is 0.451 e. The van der Waals surface area contributed by atoms with E-state index in [1.807, 2.05) is 55.5 Å². The van der Waals surface area contributed by atoms with Crippen LogP contribution < -0.4 is 5.32 Å². The van der Waals surface area contributed by atoms with E-state index in [0.29, 0.717) is 10.8 Å². The first kappa shape index (κ1) is 19.5. The maximum atomic E-state index is 12.7. The molecular weight excluding hydrogens is 428 g/mol. The van der Waals surface area contributed by atoms with Gasteiger partial charge in [-0.2, -0.15) is 0 Å². The predicted octanol–water partition coefficient (Wildman–Crippen LogP) is 7.44. The van der Waals surface area contributed by atoms with Crippen molar-refractivity contribution in [2.24, 2.45) is 0 Å². The van der Waals surface area contributed by atoms with Gasteiger partial charge in [0.15, 0.2) is 5.76 Å². The van der Waals surface area contributed by atoms with Crippen LogP contribution in [0.25, 0.3) is 32.1 Å². The number of aryl methyl sites for hydroxylation is 1. The van der Waals surface area contributed by atoms with Gasteiger partial charge in [-0.25, -0.2) is 4.98 Å². The molecule has 0 radical (unpaired) electrons. The van der Waals surface area contributed by atoms with Crippen molar-refractivity contribution in [3.05, 3.63) is 95.2 Å². The number of carbonyl (C=O) groups excluding carboxylic acids is 1. The summed E-state index contributed by atoms with van der Waals surface area (Å²) >= 11 is 7.59. The third-order valence-electron chi connectivity index (χ3n) is 4.97. The summed E-state index contributed by atoms with van der Waals surface area (Å²) in [5, 5.41) is 4.54. The highest BCUT2D eigenvalue weighted by molar-refractivity contribution is 7.21. The summed E-state index contributed by atoms with van der Waals surface area (Å²) in [6, 6.07) is 24.7. The number of para-hydroxylation sites is 1. The molecule has 0 aliphatic rings. The van der Waals surface area contributed by atoms with Crippen molar-refractivity contribution in [1.29, 1.82) is 0 Å². The van der Waals surface area contributed by atoms with Gasteiger partial charge in [0.05, 0.1) is 10.2 Å². The maximum absolute atomic E-state index is 12.7. The molecule has 152 valence electrons. The molecule has 0 unspecified atom stereocenters. The summed E-state index contributed by atoms with van der Waals surface area (Å²) in [6.07, 6.45) is 0. The normalized spacial score (nSPS) is 11.0. The Morgan fingerprint density at radius 2 is 1.74 bits per heavy atom. The first-order valence-corrected chi connectivity index (χ1v) is 10.9. The van der Waals surface area contributed by atoms with Crippen molar-refractivity contribution in [3.8, 4) is 21.9 Å². The molecule has 0 bridgehead atoms. The van der Waals surface area contributed by atoms with Gasteiger partial charge in [0.2, 0.25) is 0 Å². The van der Waals surface area contributed by atoms with Crippen LogP contribution in [0.4, 0.5) is 5.69 Å². The molecule has 0 fully saturated rings. The number of nitrogens with zero attached hydrogens (tertiary/aromatic N) is 1. The lowest BCUT2D eigenvalue weighted by Gasteiger charge is -2.08. The Labute approximate surface area is 188 Å². The van der Waals surface area contributed by atoms with E-state index in [1.165, 1.54) is 0 Å². The smallest absolute Gasteiger partial charge is 0.291 e. The third kappa shape index (κ3) is 3.98. The highest BCUT2D eigenvalue weighted by Gasteiger charge is 2.14. The molecule has 2 aromatic heterocycles. The van der Waals surface area contributed by atoms with Crippen LogP contribution in [0, 0.1) is 6.92 Å². The third-order valence-corrected chi connectivity index (χ3v) is 6.31. The average molecular weight is 445 g/mol. The number of amides is 1. The van der Waals surface area contributed by atoms with Gasteiger partial charge < -0.3 is 9.73 Å². The number of benzene rings is 3. The van der Waals surface area contributed by atoms with E-state index in [2.05, 4.69) is 11.4 Å². The molecule has 0 atom stereocenters. The number of furan rings is 1. The van der Waals surface area contributed by atoms with E-state index in [0.717, 1.165) is 37.6 Å². The van der Waals surface area contributed by atoms with Crippen molar-refractivity contribution in [2.45, 2.75) is 6.92 Å². The topological polar surface area (TPSA) is 55.1 Å². The molecule has 6 heteroatoms. The summed E-state index contributed by atoms with van der Waals surface area (Å²) < 4.78 is 6.90. The van der Waals surface area contributed by atoms with Crippen molar-refractivity contribution in [3.63, 3.8) is 0 Å². The SMILES string of the molecule is Cc1cc(-c2nc3ccccc3s2)ccc1NC(=O)c1ccc(-c2ccc(Cl)cc2)o1. The van der Waals surface area contributed by atoms with Gasteiger partial charge in [0.25, 0.3) is 5.91 Å². The lowest BCUT2D eigenvalue weighted by atomic mass is 10.1. The molecule has 3 aromatic carbocycles. The standard InChI is InChI=1S/C25H17ClN2O2S/c1-15-14-17(25-28-20-4-2-3-5-23(20)31-25)8-11-19(15)27-24(29)22-13-12-21(30-22)16-6-9-18(26)10-7-16/h2-14H,1H3,(H,27,29). The second-order valence-corrected chi connectivity index (χ2v) is 8.61. The van der Waals surface area contributed by atoms with Crippen LogP contribution in [-0.2, 0) is 0 Å². The van der Waals surface area contributed by atoms with Crippen LogP contribution in [0.15, 0.2) is 83.3 Å². The Bertz CT molecular complexity index is 1370. The van der Waals surface area contributed by atoms with Crippen LogP contribution in [0.1, 0.15) is 16.1 Å². The second kappa shape index (κ2) is 8.02. The summed E-state index contributed by atoms with van der Waals surface area (Å²) in [7, 11) is 0. The van der Waals surface area contributed by atoms with E-state index in [4.69, 9.17) is 21.0 Å². The quantitative estimate of drug-likeness (QED) is 0.313. The minimum atomic E-state index is -0.295. The van der Waals surface area contributed by atoms with Crippen LogP contribution in [0.3, 0.4) is 0 Å². The molecular formula is C25H17ClN2O2S. The predicted molar refractivity (Wildman–Crippen MR) is 127 cm³/mol. The van der Waals surface area contributed by atoms with Gasteiger partial charge in [0, 0.05) is 21.8 Å². The zero-order valence-electron chi connectivity index (χ0n) is 16.6. The van der Waals surface area contributed by atoms with Crippen LogP contribution in [0.2, 0.25) is 5.02 Å². The van der Waals surface area contributed by atoms with Gasteiger partial charge in [-0.15, -0.1) is 11.3 Å². The Kier molecular flexibility index (Phi) is 5.06. The van der Waals surface area contributed by atoms with E-state index >= 15 is 0 Å². The first-order chi connectivity index (χ1) is 15.1. The molecule has 2 heterocycles. The summed E-state index contributed by atoms with van der Waals surface area (Å²) in [5.74, 6) is 0.570. The Morgan fingerprint density at radius 3 is 2.52 bits per heavy atom. The highest BCUT2D eigenvalue weighted by Crippen LogP contribution is 2.32. The minimum Gasteiger partial charge on any atom is -0.451 e. The fraction of sp³-hybridized carbons (Fsp3) is 0.0400. The lowest BCUT2D eigenvalue weighted by Crippen LogP contribution is -2.11. The molecule has 0 saturated carbocycles. The Balaban J connectivity index is 1.35. The monoisotopic (exact) mass is 444 g/mol. The molecule has 1 amide bonds. The van der Waals surface area contributed by atoms with E-state index in [1.54, 1.807) is 35.6 Å². The number of hydrogen-bond donors (Lipinski definition) is 1. The zero-order chi connectivity index (χ0) is 21.4. The van der Waals surface area contributed by atoms with Crippen LogP contribution in [-0.4, -0.2) is 10.9 Å². The second-order valence-electron chi connectivity index (χ2n) is 7.14. The van der Waals surface area contributed by atoms with Crippen molar-refractivity contribution in [1.82, 2.24) is 4.98 Å². The van der Waals surface area contributed by atoms with E-state index in [9.17, 15) is 4.79 Å². The Morgan fingerprint density at radius 1 is 0.968 bits per heavy atom. The molecule has 5 aromatic rings. The first-order valence-electron chi connectivity index (χ1n) is 9.70. The van der Waals surface area contributed by atoms with E-state index in [-0.39, 0.29) is 11.7 Å². The fourth-order valence-electron chi connectivity index (χ4n) is 3.35. The number of nitrogens with one attached hydrogen (secondary N) is 1. The van der Waals surface area contributed by atoms with Crippen molar-refractivity contribution in [2.75, 3.05) is 5.32 Å². The molecule has 1 N–H and O–H groups in total. The van der Waals surface area contributed by atoms with Crippen molar-refractivity contribution >= 4 is 44.7 Å². The average Bonchev–Trinajstić information content (AvgIpc) is 3.43. The number of anilines is 1. The molecule has 31 heavy (non-hydrogen) atoms. The number of rotatable bonds is 4. The van der Waals surface area contributed by atoms with Crippen molar-refractivity contribution < 1.29 is 9.21 Å². The van der Waals surface area contributed by atoms with Crippen LogP contribution >= 0.6 is 22.9 Å². The number of fused-ring (bicyclic) bond motifs is 1. The molecule has 0 aliphatic heterocycles. The highest BCUT2D eigenvalue weighted by atomic mass is 35.5. The van der Waals surface area contributed by atoms with Gasteiger partial charge >= 0.3 is 0 Å². The number of thiazole rings is 1. The zero-order valence-corrected chi connectivity index (χ0v) is 18.1. The number of aromatic nitrogens is 1. The van der Waals surface area contributed by atoms with Gasteiger partial charge in [-0.1, -0.05) is 23.7 Å². The molecule has 0 spiro atoms. The molecule has 0 aliphatic carbocycles. The summed E-state index contributed by atoms with van der Waals surface area (Å²) in [6.45, 7) is 1.97. The molecule has 5 rings (SSSR count). The maximum Gasteiger partial charge on any atom is 0.291 e. The Hall–Kier alpha value is -3.41. The van der Waals surface area contributed by atoms with Gasteiger partial charge in [-0.05, 0) is 79.2 Å². The molecule has 4 nitrogen and oxygen atoms in total. The number of halogens is 1. The van der Waals surface area contributed by atoms with E-state index < -0.39 is 0 Å². The van der Waals surface area contributed by atoms with Gasteiger partial charge in [-0.3, -0.25) is 4.79 Å². The van der Waals surface area contributed by atoms with Gasteiger partial charge in [0.1, 0.15) is 10.8 Å². The summed E-state index contributed by atoms with van der Waals surface area (Å²) in [5.41, 5.74) is 4.57. The number of carbonyl (C=O) groups is 1. The minimum absolute atomic E-state index is 0.250. The fourth-order valence-corrected chi connectivity index (χ4v) is 4.43. The number of hydrogen-bond acceptors (Lipinski definition) is 4.